The number of aliphatic hydroxyl groups is 1. The third-order valence-corrected chi connectivity index (χ3v) is 7.01. The number of thioether (sulfide) groups is 1. The number of benzene rings is 2. The van der Waals surface area contributed by atoms with Crippen molar-refractivity contribution in [2.24, 2.45) is 0 Å². The lowest BCUT2D eigenvalue weighted by molar-refractivity contribution is 0.00179. The third-order valence-electron chi connectivity index (χ3n) is 5.95. The normalized spacial score (nSPS) is 13.1. The topological polar surface area (TPSA) is 73.7 Å². The molecule has 2 atom stereocenters. The van der Waals surface area contributed by atoms with Crippen LogP contribution in [0.5, 0.6) is 6.01 Å². The predicted octanol–water partition coefficient (Wildman–Crippen LogP) is 6.02. The maximum atomic E-state index is 8.84. The molecule has 2 aromatic carbocycles. The molecule has 0 aliphatic carbocycles. The number of aryl methyl sites for hydroxylation is 1. The fourth-order valence-corrected chi connectivity index (χ4v) is 4.86. The molecule has 196 valence electrons. The van der Waals surface area contributed by atoms with Crippen LogP contribution in [0.4, 0.5) is 0 Å². The zero-order chi connectivity index (χ0) is 25.4. The molecular weight excluding hydrogens is 472 g/mol. The Kier molecular flexibility index (Phi) is 13.0. The van der Waals surface area contributed by atoms with Crippen molar-refractivity contribution in [3.63, 3.8) is 0 Å². The molecule has 2 unspecified atom stereocenters. The lowest BCUT2D eigenvalue weighted by atomic mass is 9.99. The van der Waals surface area contributed by atoms with Gasteiger partial charge in [0.15, 0.2) is 0 Å². The zero-order valence-electron chi connectivity index (χ0n) is 21.6. The zero-order valence-corrected chi connectivity index (χ0v) is 22.4. The summed E-state index contributed by atoms with van der Waals surface area (Å²) in [4.78, 5) is 8.41. The molecule has 6 nitrogen and oxygen atoms in total. The summed E-state index contributed by atoms with van der Waals surface area (Å²) in [6.45, 7) is 5.83. The molecule has 0 saturated heterocycles. The highest BCUT2D eigenvalue weighted by Crippen LogP contribution is 2.27. The molecule has 0 amide bonds. The van der Waals surface area contributed by atoms with Crippen LogP contribution in [0.3, 0.4) is 0 Å². The highest BCUT2D eigenvalue weighted by molar-refractivity contribution is 7.99. The molecule has 0 fully saturated rings. The van der Waals surface area contributed by atoms with Crippen LogP contribution in [0.1, 0.15) is 56.8 Å². The first-order chi connectivity index (χ1) is 17.7. The molecule has 0 saturated carbocycles. The maximum absolute atomic E-state index is 8.84. The third kappa shape index (κ3) is 9.69. The van der Waals surface area contributed by atoms with E-state index in [9.17, 15) is 0 Å². The van der Waals surface area contributed by atoms with Crippen molar-refractivity contribution in [3.8, 4) is 6.01 Å². The van der Waals surface area contributed by atoms with E-state index >= 15 is 0 Å². The first kappa shape index (κ1) is 28.4. The van der Waals surface area contributed by atoms with E-state index in [0.717, 1.165) is 24.3 Å². The van der Waals surface area contributed by atoms with E-state index in [1.807, 2.05) is 0 Å². The number of rotatable bonds is 18. The Bertz CT molecular complexity index is 1000. The quantitative estimate of drug-likeness (QED) is 0.209. The number of ether oxygens (including phenoxy) is 3. The van der Waals surface area contributed by atoms with Gasteiger partial charge >= 0.3 is 6.01 Å². The molecule has 0 aliphatic rings. The van der Waals surface area contributed by atoms with Crippen molar-refractivity contribution in [2.45, 2.75) is 58.2 Å². The molecule has 0 radical (unpaired) electrons. The van der Waals surface area contributed by atoms with E-state index < -0.39 is 0 Å². The second kappa shape index (κ2) is 16.5. The largest absolute Gasteiger partial charge is 0.457 e. The van der Waals surface area contributed by atoms with Crippen LogP contribution < -0.4 is 4.74 Å². The Morgan fingerprint density at radius 2 is 1.78 bits per heavy atom. The minimum absolute atomic E-state index is 0.0145. The number of aromatic nitrogens is 2. The summed E-state index contributed by atoms with van der Waals surface area (Å²) < 4.78 is 17.8. The van der Waals surface area contributed by atoms with Crippen LogP contribution in [0, 0.1) is 0 Å². The van der Waals surface area contributed by atoms with Gasteiger partial charge in [0.25, 0.3) is 0 Å². The van der Waals surface area contributed by atoms with Gasteiger partial charge in [-0.3, -0.25) is 0 Å². The van der Waals surface area contributed by atoms with E-state index in [4.69, 9.17) is 19.3 Å². The predicted molar refractivity (Wildman–Crippen MR) is 148 cm³/mol. The lowest BCUT2D eigenvalue weighted by Crippen LogP contribution is -2.28. The second-order valence-electron chi connectivity index (χ2n) is 8.81. The van der Waals surface area contributed by atoms with Crippen molar-refractivity contribution >= 4 is 22.5 Å². The summed E-state index contributed by atoms with van der Waals surface area (Å²) >= 11 is 1.73. The number of aliphatic hydroxyl groups excluding tert-OH is 1. The van der Waals surface area contributed by atoms with E-state index in [-0.39, 0.29) is 18.8 Å². The molecule has 3 aromatic rings. The van der Waals surface area contributed by atoms with Gasteiger partial charge in [0.1, 0.15) is 6.10 Å². The first-order valence-corrected chi connectivity index (χ1v) is 14.2. The van der Waals surface area contributed by atoms with Crippen LogP contribution >= 0.6 is 11.8 Å². The summed E-state index contributed by atoms with van der Waals surface area (Å²) in [5, 5.41) is 11.4. The van der Waals surface area contributed by atoms with E-state index in [2.05, 4.69) is 60.2 Å². The summed E-state index contributed by atoms with van der Waals surface area (Å²) in [6, 6.07) is 15.6. The van der Waals surface area contributed by atoms with Gasteiger partial charge in [-0.25, -0.2) is 9.97 Å². The van der Waals surface area contributed by atoms with Gasteiger partial charge in [-0.05, 0) is 53.3 Å². The fraction of sp³-hybridized carbons (Fsp3) is 0.517. The number of unbranched alkanes of at least 4 members (excludes halogenated alkanes) is 2. The molecule has 1 heterocycles. The van der Waals surface area contributed by atoms with Gasteiger partial charge in [-0.15, -0.1) is 0 Å². The molecule has 0 aliphatic heterocycles. The van der Waals surface area contributed by atoms with Crippen LogP contribution in [0.25, 0.3) is 10.8 Å². The summed E-state index contributed by atoms with van der Waals surface area (Å²) in [5.41, 5.74) is 2.60. The Labute approximate surface area is 219 Å². The van der Waals surface area contributed by atoms with Crippen LogP contribution in [-0.2, 0) is 15.9 Å². The van der Waals surface area contributed by atoms with Crippen molar-refractivity contribution in [1.82, 2.24) is 9.97 Å². The van der Waals surface area contributed by atoms with Crippen molar-refractivity contribution in [1.29, 1.82) is 0 Å². The van der Waals surface area contributed by atoms with Gasteiger partial charge in [-0.1, -0.05) is 57.0 Å². The first-order valence-electron chi connectivity index (χ1n) is 13.1. The smallest absolute Gasteiger partial charge is 0.316 e. The number of hydrogen-bond donors (Lipinski definition) is 1. The lowest BCUT2D eigenvalue weighted by Gasteiger charge is -2.22. The van der Waals surface area contributed by atoms with Gasteiger partial charge in [0.2, 0.25) is 0 Å². The average Bonchev–Trinajstić information content (AvgIpc) is 2.91. The Morgan fingerprint density at radius 3 is 2.56 bits per heavy atom. The van der Waals surface area contributed by atoms with Crippen molar-refractivity contribution in [2.75, 3.05) is 37.9 Å². The van der Waals surface area contributed by atoms with Gasteiger partial charge in [-0.2, -0.15) is 11.8 Å². The molecule has 7 heteroatoms. The van der Waals surface area contributed by atoms with Crippen LogP contribution in [-0.4, -0.2) is 59.1 Å². The number of nitrogens with zero attached hydrogens (tertiary/aromatic N) is 2. The van der Waals surface area contributed by atoms with Crippen molar-refractivity contribution in [3.05, 3.63) is 66.0 Å². The standard InChI is InChI=1S/C29H40N2O4S/c1-3-5-6-8-23-9-10-25-20-26(12-11-24(25)19-23)28(4-2)34-21-27(22-36-18-17-33-16-15-32)35-29-30-13-7-14-31-29/h7,9-14,19-20,27-28,32H,3-6,8,15-18,21-22H2,1-2H3. The minimum Gasteiger partial charge on any atom is -0.457 e. The molecule has 0 spiro atoms. The minimum atomic E-state index is -0.185. The Morgan fingerprint density at radius 1 is 0.972 bits per heavy atom. The summed E-state index contributed by atoms with van der Waals surface area (Å²) in [7, 11) is 0. The fourth-order valence-electron chi connectivity index (χ4n) is 4.03. The summed E-state index contributed by atoms with van der Waals surface area (Å²) in [5.74, 6) is 1.55. The molecule has 0 bridgehead atoms. The van der Waals surface area contributed by atoms with Gasteiger partial charge in [0.05, 0.1) is 32.5 Å². The maximum Gasteiger partial charge on any atom is 0.316 e. The summed E-state index contributed by atoms with van der Waals surface area (Å²) in [6.07, 6.45) is 8.94. The molecule has 3 rings (SSSR count). The van der Waals surface area contributed by atoms with Crippen LogP contribution in [0.2, 0.25) is 0 Å². The monoisotopic (exact) mass is 512 g/mol. The van der Waals surface area contributed by atoms with E-state index in [1.165, 1.54) is 41.2 Å². The number of hydrogen-bond acceptors (Lipinski definition) is 7. The molecule has 1 N–H and O–H groups in total. The number of fused-ring (bicyclic) bond motifs is 1. The van der Waals surface area contributed by atoms with Crippen LogP contribution in [0.15, 0.2) is 54.9 Å². The van der Waals surface area contributed by atoms with Crippen molar-refractivity contribution < 1.29 is 19.3 Å². The molecule has 1 aromatic heterocycles. The SMILES string of the molecule is CCCCCc1ccc2cc(C(CC)OCC(CSCCOCCO)Oc3ncccn3)ccc2c1. The average molecular weight is 513 g/mol. The molecular formula is C29H40N2O4S. The van der Waals surface area contributed by atoms with Gasteiger partial charge in [0, 0.05) is 23.9 Å². The highest BCUT2D eigenvalue weighted by atomic mass is 32.2. The van der Waals surface area contributed by atoms with Gasteiger partial charge < -0.3 is 19.3 Å². The second-order valence-corrected chi connectivity index (χ2v) is 9.96. The Balaban J connectivity index is 1.60. The highest BCUT2D eigenvalue weighted by Gasteiger charge is 2.18. The van der Waals surface area contributed by atoms with E-state index in [1.54, 1.807) is 30.2 Å². The molecule has 36 heavy (non-hydrogen) atoms. The Hall–Kier alpha value is -2.19. The van der Waals surface area contributed by atoms with E-state index in [0.29, 0.717) is 25.8 Å².